The van der Waals surface area contributed by atoms with Crippen LogP contribution in [0.15, 0.2) is 12.2 Å². The minimum atomic E-state index is -0.0454. The molecule has 4 unspecified atom stereocenters. The maximum atomic E-state index is 12.7. The normalized spacial score (nSPS) is 29.7. The first-order valence-electron chi connectivity index (χ1n) is 8.96. The van der Waals surface area contributed by atoms with Gasteiger partial charge in [-0.25, -0.2) is 0 Å². The van der Waals surface area contributed by atoms with Crippen LogP contribution in [-0.2, 0) is 9.59 Å². The summed E-state index contributed by atoms with van der Waals surface area (Å²) in [6, 6.07) is 0. The van der Waals surface area contributed by atoms with Crippen molar-refractivity contribution in [2.75, 3.05) is 19.6 Å². The van der Waals surface area contributed by atoms with Crippen LogP contribution in [0.25, 0.3) is 0 Å². The number of hydrogen-bond donors (Lipinski definition) is 0. The molecule has 0 spiro atoms. The Bertz CT molecular complexity index is 437. The molecule has 0 N–H and O–H groups in total. The van der Waals surface area contributed by atoms with Crippen molar-refractivity contribution in [1.82, 2.24) is 4.90 Å². The SMILES string of the molecule is CCN(CC)CCCC(=O)C1C2C=CC(C2)C1C(=O)C(C)C. The van der Waals surface area contributed by atoms with Crippen LogP contribution >= 0.6 is 0 Å². The zero-order valence-corrected chi connectivity index (χ0v) is 14.5. The summed E-state index contributed by atoms with van der Waals surface area (Å²) in [6.45, 7) is 11.3. The van der Waals surface area contributed by atoms with Gasteiger partial charge < -0.3 is 4.90 Å². The van der Waals surface area contributed by atoms with Crippen molar-refractivity contribution in [3.8, 4) is 0 Å². The summed E-state index contributed by atoms with van der Waals surface area (Å²) in [4.78, 5) is 27.6. The lowest BCUT2D eigenvalue weighted by molar-refractivity contribution is -0.134. The molecule has 0 saturated heterocycles. The van der Waals surface area contributed by atoms with E-state index in [1.54, 1.807) is 0 Å². The summed E-state index contributed by atoms with van der Waals surface area (Å²) >= 11 is 0. The maximum Gasteiger partial charge on any atom is 0.139 e. The Morgan fingerprint density at radius 2 is 1.68 bits per heavy atom. The molecule has 22 heavy (non-hydrogen) atoms. The second kappa shape index (κ2) is 7.54. The highest BCUT2D eigenvalue weighted by Crippen LogP contribution is 2.49. The lowest BCUT2D eigenvalue weighted by atomic mass is 9.74. The molecule has 0 heterocycles. The molecule has 0 aromatic rings. The van der Waals surface area contributed by atoms with E-state index in [4.69, 9.17) is 0 Å². The molecule has 2 bridgehead atoms. The van der Waals surface area contributed by atoms with Gasteiger partial charge in [-0.1, -0.05) is 39.8 Å². The van der Waals surface area contributed by atoms with Gasteiger partial charge in [0.1, 0.15) is 11.6 Å². The summed E-state index contributed by atoms with van der Waals surface area (Å²) in [6.07, 6.45) is 6.91. The average molecular weight is 305 g/mol. The standard InChI is InChI=1S/C19H31NO2/c1-5-20(6-2)11-7-8-16(21)17-14-9-10-15(12-14)18(17)19(22)13(3)4/h9-10,13-15,17-18H,5-8,11-12H2,1-4H3. The molecule has 4 atom stereocenters. The van der Waals surface area contributed by atoms with Crippen molar-refractivity contribution in [1.29, 1.82) is 0 Å². The van der Waals surface area contributed by atoms with Crippen molar-refractivity contribution in [3.63, 3.8) is 0 Å². The van der Waals surface area contributed by atoms with Gasteiger partial charge in [0.15, 0.2) is 0 Å². The largest absolute Gasteiger partial charge is 0.304 e. The highest BCUT2D eigenvalue weighted by molar-refractivity contribution is 5.92. The van der Waals surface area contributed by atoms with Crippen molar-refractivity contribution in [2.45, 2.75) is 47.0 Å². The highest BCUT2D eigenvalue weighted by Gasteiger charge is 2.50. The molecular weight excluding hydrogens is 274 g/mol. The maximum absolute atomic E-state index is 12.7. The van der Waals surface area contributed by atoms with E-state index in [-0.39, 0.29) is 17.8 Å². The monoisotopic (exact) mass is 305 g/mol. The van der Waals surface area contributed by atoms with E-state index in [2.05, 4.69) is 30.9 Å². The van der Waals surface area contributed by atoms with Crippen LogP contribution in [0.5, 0.6) is 0 Å². The molecule has 0 aliphatic heterocycles. The number of hydrogen-bond acceptors (Lipinski definition) is 3. The summed E-state index contributed by atoms with van der Waals surface area (Å²) < 4.78 is 0. The van der Waals surface area contributed by atoms with Gasteiger partial charge in [-0.05, 0) is 44.3 Å². The summed E-state index contributed by atoms with van der Waals surface area (Å²) in [5.41, 5.74) is 0. The number of allylic oxidation sites excluding steroid dienone is 2. The molecule has 124 valence electrons. The number of rotatable bonds is 9. The molecule has 3 nitrogen and oxygen atoms in total. The molecule has 3 heteroatoms. The Labute approximate surface area is 135 Å². The topological polar surface area (TPSA) is 37.4 Å². The Balaban J connectivity index is 1.95. The fourth-order valence-electron chi connectivity index (χ4n) is 4.22. The van der Waals surface area contributed by atoms with Crippen LogP contribution in [0.2, 0.25) is 0 Å². The molecule has 2 aliphatic rings. The molecule has 0 aromatic carbocycles. The molecule has 0 radical (unpaired) electrons. The smallest absolute Gasteiger partial charge is 0.139 e. The fraction of sp³-hybridized carbons (Fsp3) is 0.789. The molecular formula is C19H31NO2. The van der Waals surface area contributed by atoms with Crippen molar-refractivity contribution in [3.05, 3.63) is 12.2 Å². The predicted octanol–water partition coefficient (Wildman–Crippen LogP) is 3.34. The van der Waals surface area contributed by atoms with Gasteiger partial charge in [-0.2, -0.15) is 0 Å². The predicted molar refractivity (Wildman–Crippen MR) is 89.6 cm³/mol. The first-order valence-corrected chi connectivity index (χ1v) is 8.96. The van der Waals surface area contributed by atoms with Gasteiger partial charge in [-0.3, -0.25) is 9.59 Å². The van der Waals surface area contributed by atoms with Crippen LogP contribution in [0.1, 0.15) is 47.0 Å². The van der Waals surface area contributed by atoms with Crippen molar-refractivity contribution in [2.24, 2.45) is 29.6 Å². The van der Waals surface area contributed by atoms with Gasteiger partial charge in [0.05, 0.1) is 0 Å². The van der Waals surface area contributed by atoms with Crippen LogP contribution < -0.4 is 0 Å². The fourth-order valence-corrected chi connectivity index (χ4v) is 4.22. The second-order valence-electron chi connectivity index (χ2n) is 7.15. The van der Waals surface area contributed by atoms with Gasteiger partial charge in [-0.15, -0.1) is 0 Å². The summed E-state index contributed by atoms with van der Waals surface area (Å²) in [5, 5.41) is 0. The van der Waals surface area contributed by atoms with Crippen LogP contribution in [0, 0.1) is 29.6 Å². The lowest BCUT2D eigenvalue weighted by Crippen LogP contribution is -2.35. The van der Waals surface area contributed by atoms with E-state index < -0.39 is 0 Å². The third kappa shape index (κ3) is 3.51. The number of Topliss-reactive ketones (excluding diaryl/α,β-unsaturated/α-hetero) is 2. The van der Waals surface area contributed by atoms with E-state index in [0.717, 1.165) is 32.5 Å². The van der Waals surface area contributed by atoms with Crippen LogP contribution in [0.3, 0.4) is 0 Å². The average Bonchev–Trinajstić information content (AvgIpc) is 3.11. The zero-order chi connectivity index (χ0) is 16.3. The zero-order valence-electron chi connectivity index (χ0n) is 14.5. The molecule has 2 aliphatic carbocycles. The van der Waals surface area contributed by atoms with E-state index in [0.29, 0.717) is 29.8 Å². The minimum absolute atomic E-state index is 0.0312. The molecule has 1 fully saturated rings. The molecule has 2 rings (SSSR count). The van der Waals surface area contributed by atoms with Gasteiger partial charge in [0.2, 0.25) is 0 Å². The van der Waals surface area contributed by atoms with Gasteiger partial charge >= 0.3 is 0 Å². The lowest BCUT2D eigenvalue weighted by Gasteiger charge is -2.27. The van der Waals surface area contributed by atoms with E-state index >= 15 is 0 Å². The first kappa shape index (κ1) is 17.4. The van der Waals surface area contributed by atoms with Gasteiger partial charge in [0, 0.05) is 24.2 Å². The molecule has 1 saturated carbocycles. The Kier molecular flexibility index (Phi) is 5.96. The van der Waals surface area contributed by atoms with E-state index in [1.807, 2.05) is 13.8 Å². The summed E-state index contributed by atoms with van der Waals surface area (Å²) in [7, 11) is 0. The first-order chi connectivity index (χ1) is 10.5. The molecule has 0 aromatic heterocycles. The van der Waals surface area contributed by atoms with E-state index in [1.165, 1.54) is 0 Å². The number of fused-ring (bicyclic) bond motifs is 2. The van der Waals surface area contributed by atoms with Crippen LogP contribution in [-0.4, -0.2) is 36.1 Å². The Hall–Kier alpha value is -0.960. The van der Waals surface area contributed by atoms with Crippen molar-refractivity contribution < 1.29 is 9.59 Å². The Morgan fingerprint density at radius 1 is 1.09 bits per heavy atom. The van der Waals surface area contributed by atoms with Crippen LogP contribution in [0.4, 0.5) is 0 Å². The third-order valence-corrected chi connectivity index (χ3v) is 5.52. The summed E-state index contributed by atoms with van der Waals surface area (Å²) in [5.74, 6) is 1.19. The number of carbonyl (C=O) groups is 2. The van der Waals surface area contributed by atoms with E-state index in [9.17, 15) is 9.59 Å². The molecule has 0 amide bonds. The minimum Gasteiger partial charge on any atom is -0.304 e. The highest BCUT2D eigenvalue weighted by atomic mass is 16.1. The number of ketones is 2. The quantitative estimate of drug-likeness (QED) is 0.613. The van der Waals surface area contributed by atoms with Gasteiger partial charge in [0.25, 0.3) is 0 Å². The van der Waals surface area contributed by atoms with Crippen molar-refractivity contribution >= 4 is 11.6 Å². The number of nitrogens with zero attached hydrogens (tertiary/aromatic N) is 1. The Morgan fingerprint density at radius 3 is 2.23 bits per heavy atom. The second-order valence-corrected chi connectivity index (χ2v) is 7.15. The third-order valence-electron chi connectivity index (χ3n) is 5.52. The number of carbonyl (C=O) groups excluding carboxylic acids is 2.